The van der Waals surface area contributed by atoms with Gasteiger partial charge in [0.15, 0.2) is 0 Å². The highest BCUT2D eigenvalue weighted by atomic mass is 16.2. The van der Waals surface area contributed by atoms with Gasteiger partial charge in [0.2, 0.25) is 5.91 Å². The minimum absolute atomic E-state index is 0.00644. The van der Waals surface area contributed by atoms with E-state index in [0.29, 0.717) is 30.5 Å². The number of aliphatic hydroxyl groups is 1. The highest BCUT2D eigenvalue weighted by Crippen LogP contribution is 2.11. The molecule has 0 saturated carbocycles. The van der Waals surface area contributed by atoms with Crippen molar-refractivity contribution in [3.63, 3.8) is 0 Å². The highest BCUT2D eigenvalue weighted by Gasteiger charge is 2.10. The van der Waals surface area contributed by atoms with Crippen LogP contribution >= 0.6 is 0 Å². The van der Waals surface area contributed by atoms with Crippen molar-refractivity contribution < 1.29 is 14.7 Å². The Morgan fingerprint density at radius 3 is 2.81 bits per heavy atom. The maximum absolute atomic E-state index is 12.2. The lowest BCUT2D eigenvalue weighted by Gasteiger charge is -2.07. The normalized spacial score (nSPS) is 9.62. The quantitative estimate of drug-likeness (QED) is 0.532. The van der Waals surface area contributed by atoms with Crippen LogP contribution in [0.4, 0.5) is 0 Å². The molecule has 0 heterocycles. The highest BCUT2D eigenvalue weighted by molar-refractivity contribution is 5.97. The number of benzene rings is 1. The molecule has 0 aliphatic heterocycles. The van der Waals surface area contributed by atoms with Crippen molar-refractivity contribution in [2.45, 2.75) is 26.2 Å². The number of primary amides is 1. The van der Waals surface area contributed by atoms with Crippen molar-refractivity contribution in [1.29, 1.82) is 0 Å². The predicted octanol–water partition coefficient (Wildman–Crippen LogP) is 0.724. The van der Waals surface area contributed by atoms with Crippen LogP contribution in [0.5, 0.6) is 0 Å². The lowest BCUT2D eigenvalue weighted by atomic mass is 10.0. The van der Waals surface area contributed by atoms with E-state index in [4.69, 9.17) is 10.8 Å². The molecule has 0 fully saturated rings. The van der Waals surface area contributed by atoms with Crippen molar-refractivity contribution in [2.75, 3.05) is 13.2 Å². The van der Waals surface area contributed by atoms with E-state index in [1.165, 1.54) is 0 Å². The number of nitrogens with two attached hydrogens (primary N) is 1. The van der Waals surface area contributed by atoms with E-state index in [1.807, 2.05) is 13.0 Å². The van der Waals surface area contributed by atoms with Crippen LogP contribution in [0.1, 0.15) is 40.7 Å². The summed E-state index contributed by atoms with van der Waals surface area (Å²) in [4.78, 5) is 22.8. The van der Waals surface area contributed by atoms with Gasteiger partial charge in [0.1, 0.15) is 0 Å². The minimum atomic E-state index is -0.379. The molecule has 0 unspecified atom stereocenters. The average Bonchev–Trinajstić information content (AvgIpc) is 2.45. The molecule has 4 N–H and O–H groups in total. The lowest BCUT2D eigenvalue weighted by molar-refractivity contribution is -0.118. The van der Waals surface area contributed by atoms with Crippen molar-refractivity contribution in [2.24, 2.45) is 5.73 Å². The first-order valence-corrected chi connectivity index (χ1v) is 6.81. The van der Waals surface area contributed by atoms with E-state index in [1.54, 1.807) is 12.1 Å². The number of carbonyl (C=O) groups excluding carboxylic acids is 2. The van der Waals surface area contributed by atoms with Crippen molar-refractivity contribution in [1.82, 2.24) is 5.32 Å². The lowest BCUT2D eigenvalue weighted by Crippen LogP contribution is -2.26. The summed E-state index contributed by atoms with van der Waals surface area (Å²) in [5, 5.41) is 11.5. The molecule has 0 aromatic heterocycles. The van der Waals surface area contributed by atoms with Gasteiger partial charge in [-0.15, -0.1) is 0 Å². The molecule has 5 heteroatoms. The standard InChI is InChI=1S/C16H20N2O3/c1-12-7-8-13(5-2-3-10-19)14(11-12)16(21)18-9-4-6-15(17)20/h7-8,11,19H,3-4,6,9-10H2,1H3,(H2,17,20)(H,18,21). The molecule has 0 radical (unpaired) electrons. The van der Waals surface area contributed by atoms with E-state index < -0.39 is 0 Å². The molecule has 0 atom stereocenters. The Labute approximate surface area is 124 Å². The Hall–Kier alpha value is -2.32. The first kappa shape index (κ1) is 16.7. The molecule has 1 rings (SSSR count). The summed E-state index contributed by atoms with van der Waals surface area (Å²) in [6, 6.07) is 5.44. The Morgan fingerprint density at radius 2 is 2.14 bits per heavy atom. The van der Waals surface area contributed by atoms with Crippen LogP contribution in [0.15, 0.2) is 18.2 Å². The summed E-state index contributed by atoms with van der Waals surface area (Å²) in [7, 11) is 0. The fourth-order valence-corrected chi connectivity index (χ4v) is 1.73. The third-order valence-corrected chi connectivity index (χ3v) is 2.77. The van der Waals surface area contributed by atoms with Crippen LogP contribution in [-0.2, 0) is 4.79 Å². The maximum atomic E-state index is 12.2. The number of aryl methyl sites for hydroxylation is 1. The number of nitrogens with one attached hydrogen (secondary N) is 1. The van der Waals surface area contributed by atoms with Crippen LogP contribution in [-0.4, -0.2) is 30.1 Å². The van der Waals surface area contributed by atoms with Crippen molar-refractivity contribution >= 4 is 11.8 Å². The van der Waals surface area contributed by atoms with E-state index in [9.17, 15) is 9.59 Å². The van der Waals surface area contributed by atoms with Crippen LogP contribution < -0.4 is 11.1 Å². The van der Waals surface area contributed by atoms with Crippen LogP contribution in [0, 0.1) is 18.8 Å². The number of hydrogen-bond donors (Lipinski definition) is 3. The van der Waals surface area contributed by atoms with Crippen LogP contribution in [0.2, 0.25) is 0 Å². The number of aliphatic hydroxyl groups excluding tert-OH is 1. The SMILES string of the molecule is Cc1ccc(C#CCCO)c(C(=O)NCCCC(N)=O)c1. The van der Waals surface area contributed by atoms with Gasteiger partial charge in [-0.25, -0.2) is 0 Å². The predicted molar refractivity (Wildman–Crippen MR) is 80.5 cm³/mol. The topological polar surface area (TPSA) is 92.4 Å². The van der Waals surface area contributed by atoms with E-state index in [2.05, 4.69) is 17.2 Å². The zero-order chi connectivity index (χ0) is 15.7. The molecule has 0 saturated heterocycles. The molecule has 0 aliphatic rings. The number of carbonyl (C=O) groups is 2. The van der Waals surface area contributed by atoms with Gasteiger partial charge in [-0.05, 0) is 25.5 Å². The van der Waals surface area contributed by atoms with E-state index in [-0.39, 0.29) is 24.8 Å². The van der Waals surface area contributed by atoms with Crippen LogP contribution in [0.25, 0.3) is 0 Å². The van der Waals surface area contributed by atoms with Gasteiger partial charge in [-0.1, -0.05) is 23.5 Å². The summed E-state index contributed by atoms with van der Waals surface area (Å²) in [6.45, 7) is 2.28. The second-order valence-corrected chi connectivity index (χ2v) is 4.65. The number of rotatable bonds is 6. The molecule has 21 heavy (non-hydrogen) atoms. The molecule has 0 aliphatic carbocycles. The Kier molecular flexibility index (Phi) is 6.99. The van der Waals surface area contributed by atoms with Gasteiger partial charge < -0.3 is 16.2 Å². The Morgan fingerprint density at radius 1 is 1.38 bits per heavy atom. The minimum Gasteiger partial charge on any atom is -0.395 e. The van der Waals surface area contributed by atoms with Gasteiger partial charge in [0.05, 0.1) is 12.2 Å². The van der Waals surface area contributed by atoms with Gasteiger partial charge in [0.25, 0.3) is 5.91 Å². The Bertz CT molecular complexity index is 571. The van der Waals surface area contributed by atoms with Gasteiger partial charge in [-0.3, -0.25) is 9.59 Å². The van der Waals surface area contributed by atoms with E-state index in [0.717, 1.165) is 5.56 Å². The van der Waals surface area contributed by atoms with Crippen molar-refractivity contribution in [3.8, 4) is 11.8 Å². The van der Waals surface area contributed by atoms with Gasteiger partial charge >= 0.3 is 0 Å². The zero-order valence-corrected chi connectivity index (χ0v) is 12.1. The number of hydrogen-bond acceptors (Lipinski definition) is 3. The fraction of sp³-hybridized carbons (Fsp3) is 0.375. The van der Waals surface area contributed by atoms with Gasteiger partial charge in [0, 0.05) is 24.9 Å². The van der Waals surface area contributed by atoms with Gasteiger partial charge in [-0.2, -0.15) is 0 Å². The second kappa shape index (κ2) is 8.77. The first-order valence-electron chi connectivity index (χ1n) is 6.81. The molecule has 5 nitrogen and oxygen atoms in total. The summed E-state index contributed by atoms with van der Waals surface area (Å²) >= 11 is 0. The third-order valence-electron chi connectivity index (χ3n) is 2.77. The van der Waals surface area contributed by atoms with Crippen LogP contribution in [0.3, 0.4) is 0 Å². The summed E-state index contributed by atoms with van der Waals surface area (Å²) in [5.41, 5.74) is 7.13. The zero-order valence-electron chi connectivity index (χ0n) is 12.1. The average molecular weight is 288 g/mol. The molecule has 2 amide bonds. The smallest absolute Gasteiger partial charge is 0.252 e. The molecule has 1 aromatic rings. The molecule has 0 bridgehead atoms. The second-order valence-electron chi connectivity index (χ2n) is 4.65. The largest absolute Gasteiger partial charge is 0.395 e. The summed E-state index contributed by atoms with van der Waals surface area (Å²) < 4.78 is 0. The molecule has 0 spiro atoms. The monoisotopic (exact) mass is 288 g/mol. The maximum Gasteiger partial charge on any atom is 0.252 e. The molecular weight excluding hydrogens is 268 g/mol. The van der Waals surface area contributed by atoms with Crippen molar-refractivity contribution in [3.05, 3.63) is 34.9 Å². The first-order chi connectivity index (χ1) is 10.0. The summed E-state index contributed by atoms with van der Waals surface area (Å²) in [6.07, 6.45) is 1.13. The third kappa shape index (κ3) is 6.11. The summed E-state index contributed by atoms with van der Waals surface area (Å²) in [5.74, 6) is 5.09. The fourth-order valence-electron chi connectivity index (χ4n) is 1.73. The molecule has 112 valence electrons. The van der Waals surface area contributed by atoms with E-state index >= 15 is 0 Å². The molecular formula is C16H20N2O3. The Balaban J connectivity index is 2.75. The number of amides is 2. The molecule has 1 aromatic carbocycles.